The third kappa shape index (κ3) is 1.66. The molecule has 0 amide bonds. The number of rotatable bonds is 1. The summed E-state index contributed by atoms with van der Waals surface area (Å²) in [6.07, 6.45) is 0. The molecule has 0 aliphatic carbocycles. The van der Waals surface area contributed by atoms with Gasteiger partial charge in [0.1, 0.15) is 5.75 Å². The van der Waals surface area contributed by atoms with Crippen LogP contribution in [0.4, 0.5) is 0 Å². The van der Waals surface area contributed by atoms with Gasteiger partial charge in [0.25, 0.3) is 0 Å². The zero-order valence-corrected chi connectivity index (χ0v) is 7.70. The molecule has 1 rings (SSSR count). The number of benzene rings is 1. The van der Waals surface area contributed by atoms with Crippen molar-refractivity contribution in [3.05, 3.63) is 28.3 Å². The van der Waals surface area contributed by atoms with E-state index >= 15 is 0 Å². The number of aryl methyl sites for hydroxylation is 2. The Hall–Kier alpha value is -0.690. The fraction of sp³-hybridized carbons (Fsp3) is 0.333. The Labute approximate surface area is 71.9 Å². The predicted molar refractivity (Wildman–Crippen MR) is 47.5 cm³/mol. The molecule has 0 unspecified atom stereocenters. The molecule has 0 radical (unpaired) electrons. The molecule has 60 valence electrons. The van der Waals surface area contributed by atoms with Crippen molar-refractivity contribution < 1.29 is 4.74 Å². The Morgan fingerprint density at radius 3 is 2.45 bits per heavy atom. The van der Waals surface area contributed by atoms with Gasteiger partial charge >= 0.3 is 0 Å². The minimum absolute atomic E-state index is 0.707. The number of methoxy groups -OCH3 is 1. The summed E-state index contributed by atoms with van der Waals surface area (Å²) in [4.78, 5) is 0. The van der Waals surface area contributed by atoms with Crippen LogP contribution in [0.5, 0.6) is 5.75 Å². The monoisotopic (exact) mass is 170 g/mol. The highest BCUT2D eigenvalue weighted by atomic mass is 35.5. The highest BCUT2D eigenvalue weighted by Gasteiger charge is 2.03. The van der Waals surface area contributed by atoms with Crippen molar-refractivity contribution in [2.24, 2.45) is 0 Å². The van der Waals surface area contributed by atoms with E-state index in [4.69, 9.17) is 16.3 Å². The van der Waals surface area contributed by atoms with E-state index < -0.39 is 0 Å². The van der Waals surface area contributed by atoms with Gasteiger partial charge in [0.15, 0.2) is 0 Å². The van der Waals surface area contributed by atoms with E-state index in [0.717, 1.165) is 11.3 Å². The van der Waals surface area contributed by atoms with E-state index in [1.54, 1.807) is 7.11 Å². The zero-order valence-electron chi connectivity index (χ0n) is 6.94. The lowest BCUT2D eigenvalue weighted by molar-refractivity contribution is 0.414. The minimum atomic E-state index is 0.707. The van der Waals surface area contributed by atoms with Crippen LogP contribution < -0.4 is 4.74 Å². The van der Waals surface area contributed by atoms with Crippen molar-refractivity contribution in [3.8, 4) is 5.75 Å². The van der Waals surface area contributed by atoms with E-state index in [9.17, 15) is 0 Å². The maximum atomic E-state index is 5.94. The van der Waals surface area contributed by atoms with Gasteiger partial charge in [-0.1, -0.05) is 17.7 Å². The summed E-state index contributed by atoms with van der Waals surface area (Å²) in [5, 5.41) is 0.707. The second kappa shape index (κ2) is 3.14. The number of hydrogen-bond donors (Lipinski definition) is 0. The highest BCUT2D eigenvalue weighted by Crippen LogP contribution is 2.28. The maximum absolute atomic E-state index is 5.94. The van der Waals surface area contributed by atoms with Gasteiger partial charge in [-0.3, -0.25) is 0 Å². The Balaban J connectivity index is 3.24. The Morgan fingerprint density at radius 1 is 1.27 bits per heavy atom. The van der Waals surface area contributed by atoms with Crippen molar-refractivity contribution in [1.82, 2.24) is 0 Å². The average Bonchev–Trinajstić information content (AvgIpc) is 1.96. The first-order valence-electron chi connectivity index (χ1n) is 3.46. The molecule has 2 heteroatoms. The molecule has 0 aliphatic rings. The zero-order chi connectivity index (χ0) is 8.43. The smallest absolute Gasteiger partial charge is 0.137 e. The van der Waals surface area contributed by atoms with Crippen LogP contribution in [-0.2, 0) is 0 Å². The van der Waals surface area contributed by atoms with Gasteiger partial charge in [0.05, 0.1) is 12.1 Å². The van der Waals surface area contributed by atoms with Gasteiger partial charge in [-0.25, -0.2) is 0 Å². The molecule has 1 aromatic carbocycles. The summed E-state index contributed by atoms with van der Waals surface area (Å²) >= 11 is 5.94. The van der Waals surface area contributed by atoms with Crippen LogP contribution in [0.3, 0.4) is 0 Å². The molecule has 0 saturated carbocycles. The molecule has 0 bridgehead atoms. The summed E-state index contributed by atoms with van der Waals surface area (Å²) in [5.41, 5.74) is 2.23. The minimum Gasteiger partial charge on any atom is -0.495 e. The molecule has 0 spiro atoms. The van der Waals surface area contributed by atoms with Crippen molar-refractivity contribution in [2.45, 2.75) is 13.8 Å². The summed E-state index contributed by atoms with van der Waals surface area (Å²) in [6.45, 7) is 3.99. The van der Waals surface area contributed by atoms with Crippen LogP contribution in [0.1, 0.15) is 11.1 Å². The molecule has 0 atom stereocenters. The van der Waals surface area contributed by atoms with E-state index in [0.29, 0.717) is 5.02 Å². The Kier molecular flexibility index (Phi) is 2.40. The molecule has 0 fully saturated rings. The number of hydrogen-bond acceptors (Lipinski definition) is 1. The first-order valence-corrected chi connectivity index (χ1v) is 3.83. The lowest BCUT2D eigenvalue weighted by atomic mass is 10.1. The summed E-state index contributed by atoms with van der Waals surface area (Å²) in [5.74, 6) is 0.754. The molecule has 0 heterocycles. The molecular weight excluding hydrogens is 160 g/mol. The van der Waals surface area contributed by atoms with Crippen LogP contribution in [-0.4, -0.2) is 7.11 Å². The molecule has 0 N–H and O–H groups in total. The van der Waals surface area contributed by atoms with Crippen molar-refractivity contribution >= 4 is 11.6 Å². The normalized spacial score (nSPS) is 9.82. The average molecular weight is 171 g/mol. The Bertz CT molecular complexity index is 269. The van der Waals surface area contributed by atoms with Crippen LogP contribution in [0.2, 0.25) is 5.02 Å². The fourth-order valence-electron chi connectivity index (χ4n) is 1.06. The first kappa shape index (κ1) is 8.41. The van der Waals surface area contributed by atoms with E-state index in [1.165, 1.54) is 5.56 Å². The molecule has 1 nitrogen and oxygen atoms in total. The highest BCUT2D eigenvalue weighted by molar-refractivity contribution is 6.32. The maximum Gasteiger partial charge on any atom is 0.137 e. The van der Waals surface area contributed by atoms with E-state index in [-0.39, 0.29) is 0 Å². The lowest BCUT2D eigenvalue weighted by Gasteiger charge is -2.06. The van der Waals surface area contributed by atoms with E-state index in [1.807, 2.05) is 26.0 Å². The second-order valence-corrected chi connectivity index (χ2v) is 2.98. The van der Waals surface area contributed by atoms with Crippen molar-refractivity contribution in [1.29, 1.82) is 0 Å². The SMILES string of the molecule is COc1cc(C)cc(C)c1Cl. The summed E-state index contributed by atoms with van der Waals surface area (Å²) < 4.78 is 5.07. The topological polar surface area (TPSA) is 9.23 Å². The summed E-state index contributed by atoms with van der Waals surface area (Å²) in [7, 11) is 1.63. The third-order valence-electron chi connectivity index (χ3n) is 1.59. The molecule has 0 aromatic heterocycles. The van der Waals surface area contributed by atoms with Crippen LogP contribution >= 0.6 is 11.6 Å². The summed E-state index contributed by atoms with van der Waals surface area (Å²) in [6, 6.07) is 3.96. The standard InChI is InChI=1S/C9H11ClO/c1-6-4-7(2)9(10)8(5-6)11-3/h4-5H,1-3H3. The molecule has 1 aromatic rings. The van der Waals surface area contributed by atoms with Gasteiger partial charge in [0.2, 0.25) is 0 Å². The first-order chi connectivity index (χ1) is 5.15. The Morgan fingerprint density at radius 2 is 1.91 bits per heavy atom. The van der Waals surface area contributed by atoms with E-state index in [2.05, 4.69) is 0 Å². The van der Waals surface area contributed by atoms with Gasteiger partial charge in [-0.15, -0.1) is 0 Å². The second-order valence-electron chi connectivity index (χ2n) is 2.60. The van der Waals surface area contributed by atoms with Gasteiger partial charge < -0.3 is 4.74 Å². The van der Waals surface area contributed by atoms with Gasteiger partial charge in [-0.05, 0) is 31.0 Å². The molecule has 0 aliphatic heterocycles. The van der Waals surface area contributed by atoms with Crippen LogP contribution in [0, 0.1) is 13.8 Å². The number of ether oxygens (including phenoxy) is 1. The molecular formula is C9H11ClO. The number of halogens is 1. The largest absolute Gasteiger partial charge is 0.495 e. The van der Waals surface area contributed by atoms with Crippen molar-refractivity contribution in [3.63, 3.8) is 0 Å². The lowest BCUT2D eigenvalue weighted by Crippen LogP contribution is -1.87. The van der Waals surface area contributed by atoms with Gasteiger partial charge in [-0.2, -0.15) is 0 Å². The van der Waals surface area contributed by atoms with Crippen LogP contribution in [0.25, 0.3) is 0 Å². The van der Waals surface area contributed by atoms with Crippen molar-refractivity contribution in [2.75, 3.05) is 7.11 Å². The molecule has 0 saturated heterocycles. The van der Waals surface area contributed by atoms with Crippen LogP contribution in [0.15, 0.2) is 12.1 Å². The van der Waals surface area contributed by atoms with Gasteiger partial charge in [0, 0.05) is 0 Å². The third-order valence-corrected chi connectivity index (χ3v) is 2.07. The quantitative estimate of drug-likeness (QED) is 0.630. The predicted octanol–water partition coefficient (Wildman–Crippen LogP) is 2.97. The fourth-order valence-corrected chi connectivity index (χ4v) is 1.25. The molecule has 11 heavy (non-hydrogen) atoms.